The molecule has 7 heteroatoms. The minimum atomic E-state index is -0.275. The average Bonchev–Trinajstić information content (AvgIpc) is 3.43. The number of likely N-dealkylation sites (tertiary alicyclic amines) is 1. The number of hydrogen-bond acceptors (Lipinski definition) is 4. The van der Waals surface area contributed by atoms with Crippen LogP contribution < -0.4 is 11.0 Å². The molecule has 1 saturated heterocycles. The topological polar surface area (TPSA) is 79.4 Å². The van der Waals surface area contributed by atoms with E-state index >= 15 is 0 Å². The quantitative estimate of drug-likeness (QED) is 0.268. The highest BCUT2D eigenvalue weighted by atomic mass is 16.5. The van der Waals surface area contributed by atoms with Crippen LogP contribution in [0.15, 0.2) is 82.0 Å². The lowest BCUT2D eigenvalue weighted by Gasteiger charge is -2.48. The number of aromatic nitrogens is 2. The number of rotatable bonds is 7. The number of aromatic amines is 1. The third kappa shape index (κ3) is 5.55. The minimum absolute atomic E-state index is 0.0514. The third-order valence-electron chi connectivity index (χ3n) is 10.7. The Hall–Kier alpha value is -4.00. The highest BCUT2D eigenvalue weighted by Gasteiger charge is 2.43. The molecule has 45 heavy (non-hydrogen) atoms. The van der Waals surface area contributed by atoms with Crippen LogP contribution in [0.25, 0.3) is 17.1 Å². The van der Waals surface area contributed by atoms with Crippen LogP contribution in [0.1, 0.15) is 107 Å². The lowest BCUT2D eigenvalue weighted by Crippen LogP contribution is -2.49. The average molecular weight is 607 g/mol. The first-order valence-electron chi connectivity index (χ1n) is 17.2. The molecule has 2 aliphatic carbocycles. The first-order chi connectivity index (χ1) is 22.2. The monoisotopic (exact) mass is 606 g/mol. The van der Waals surface area contributed by atoms with E-state index in [0.717, 1.165) is 73.6 Å². The summed E-state index contributed by atoms with van der Waals surface area (Å²) in [4.78, 5) is 31.7. The van der Waals surface area contributed by atoms with Gasteiger partial charge in [0, 0.05) is 23.7 Å². The fourth-order valence-corrected chi connectivity index (χ4v) is 8.68. The Labute approximate surface area is 266 Å². The van der Waals surface area contributed by atoms with Crippen molar-refractivity contribution in [2.45, 2.75) is 102 Å². The first kappa shape index (κ1) is 29.7. The van der Waals surface area contributed by atoms with E-state index in [1.54, 1.807) is 11.8 Å². The number of ether oxygens (including phenoxy) is 1. The van der Waals surface area contributed by atoms with E-state index in [0.29, 0.717) is 0 Å². The molecule has 4 unspecified atom stereocenters. The van der Waals surface area contributed by atoms with Crippen molar-refractivity contribution in [3.05, 3.63) is 98.8 Å². The Kier molecular flexibility index (Phi) is 8.68. The molecule has 2 aliphatic heterocycles. The molecule has 7 nitrogen and oxygen atoms in total. The number of hydrogen-bond donors (Lipinski definition) is 2. The molecular formula is C38H46N4O3. The summed E-state index contributed by atoms with van der Waals surface area (Å²) in [6, 6.07) is 16.2. The Morgan fingerprint density at radius 2 is 1.67 bits per heavy atom. The summed E-state index contributed by atoms with van der Waals surface area (Å²) in [5.74, 6) is 0.103. The summed E-state index contributed by atoms with van der Waals surface area (Å²) < 4.78 is 8.40. The van der Waals surface area contributed by atoms with Gasteiger partial charge in [-0.15, -0.1) is 0 Å². The SMILES string of the molecule is CCC(N1CCC(C(NC=O)C2OC=Cc3ccccc32)C(=C2CCCCC2)C1=C1CCCCC1)n1c(=O)[nH]c2ccccc21. The maximum atomic E-state index is 13.6. The number of nitrogens with one attached hydrogen (secondary N) is 2. The van der Waals surface area contributed by atoms with Crippen molar-refractivity contribution in [2.75, 3.05) is 6.54 Å². The van der Waals surface area contributed by atoms with Crippen LogP contribution in [0, 0.1) is 5.92 Å². The van der Waals surface area contributed by atoms with Gasteiger partial charge in [-0.2, -0.15) is 0 Å². The molecule has 4 aliphatic rings. The molecule has 1 aromatic heterocycles. The Balaban J connectivity index is 1.40. The lowest BCUT2D eigenvalue weighted by molar-refractivity contribution is -0.111. The van der Waals surface area contributed by atoms with Gasteiger partial charge in [0.15, 0.2) is 0 Å². The zero-order chi connectivity index (χ0) is 30.8. The van der Waals surface area contributed by atoms with Crippen molar-refractivity contribution >= 4 is 23.5 Å². The molecule has 0 bridgehead atoms. The van der Waals surface area contributed by atoms with Crippen molar-refractivity contribution < 1.29 is 9.53 Å². The number of imidazole rings is 1. The summed E-state index contributed by atoms with van der Waals surface area (Å²) in [5, 5.41) is 3.30. The largest absolute Gasteiger partial charge is 0.491 e. The number of H-pyrrole nitrogens is 1. The van der Waals surface area contributed by atoms with Crippen LogP contribution in [0.3, 0.4) is 0 Å². The number of amides is 1. The Morgan fingerprint density at radius 3 is 2.42 bits per heavy atom. The van der Waals surface area contributed by atoms with Gasteiger partial charge in [0.2, 0.25) is 6.41 Å². The molecule has 4 atom stereocenters. The Morgan fingerprint density at radius 1 is 0.956 bits per heavy atom. The predicted octanol–water partition coefficient (Wildman–Crippen LogP) is 7.90. The van der Waals surface area contributed by atoms with E-state index in [1.165, 1.54) is 55.4 Å². The van der Waals surface area contributed by atoms with Crippen LogP contribution in [-0.2, 0) is 9.53 Å². The number of nitrogens with zero attached hydrogens (tertiary/aromatic N) is 2. The summed E-state index contributed by atoms with van der Waals surface area (Å²) in [5.41, 5.74) is 9.92. The van der Waals surface area contributed by atoms with Crippen LogP contribution in [0.4, 0.5) is 0 Å². The van der Waals surface area contributed by atoms with E-state index in [1.807, 2.05) is 28.8 Å². The van der Waals surface area contributed by atoms with Gasteiger partial charge in [-0.05, 0) is 99.1 Å². The third-order valence-corrected chi connectivity index (χ3v) is 10.7. The van der Waals surface area contributed by atoms with Gasteiger partial charge in [-0.3, -0.25) is 9.36 Å². The summed E-state index contributed by atoms with van der Waals surface area (Å²) in [7, 11) is 0. The summed E-state index contributed by atoms with van der Waals surface area (Å²) in [6.45, 7) is 3.02. The molecule has 0 radical (unpaired) electrons. The highest BCUT2D eigenvalue weighted by Crippen LogP contribution is 2.48. The molecule has 0 spiro atoms. The van der Waals surface area contributed by atoms with Crippen LogP contribution in [0.5, 0.6) is 0 Å². The molecular weight excluding hydrogens is 560 g/mol. The number of carbonyl (C=O) groups excluding carboxylic acids is 1. The number of carbonyl (C=O) groups is 1. The van der Waals surface area contributed by atoms with Gasteiger partial charge in [0.25, 0.3) is 0 Å². The maximum Gasteiger partial charge on any atom is 0.328 e. The van der Waals surface area contributed by atoms with Crippen molar-refractivity contribution in [1.82, 2.24) is 19.8 Å². The fraction of sp³-hybridized carbons (Fsp3) is 0.474. The van der Waals surface area contributed by atoms with Gasteiger partial charge in [-0.25, -0.2) is 4.79 Å². The van der Waals surface area contributed by atoms with Gasteiger partial charge in [-0.1, -0.05) is 61.7 Å². The van der Waals surface area contributed by atoms with Crippen molar-refractivity contribution in [2.24, 2.45) is 5.92 Å². The predicted molar refractivity (Wildman–Crippen MR) is 179 cm³/mol. The smallest absolute Gasteiger partial charge is 0.328 e. The molecule has 3 aromatic rings. The van der Waals surface area contributed by atoms with Crippen LogP contribution >= 0.6 is 0 Å². The van der Waals surface area contributed by atoms with Crippen molar-refractivity contribution in [3.8, 4) is 0 Å². The number of para-hydroxylation sites is 2. The fourth-order valence-electron chi connectivity index (χ4n) is 8.68. The zero-order valence-corrected chi connectivity index (χ0v) is 26.5. The van der Waals surface area contributed by atoms with Crippen LogP contribution in [-0.4, -0.2) is 33.4 Å². The van der Waals surface area contributed by atoms with Gasteiger partial charge in [0.1, 0.15) is 12.3 Å². The highest BCUT2D eigenvalue weighted by molar-refractivity contribution is 5.75. The number of fused-ring (bicyclic) bond motifs is 2. The minimum Gasteiger partial charge on any atom is -0.491 e. The van der Waals surface area contributed by atoms with Gasteiger partial charge < -0.3 is 19.9 Å². The van der Waals surface area contributed by atoms with E-state index in [9.17, 15) is 9.59 Å². The second-order valence-electron chi connectivity index (χ2n) is 13.2. The molecule has 3 heterocycles. The van der Waals surface area contributed by atoms with Crippen molar-refractivity contribution in [3.63, 3.8) is 0 Å². The molecule has 2 saturated carbocycles. The summed E-state index contributed by atoms with van der Waals surface area (Å²) in [6.07, 6.45) is 17.7. The van der Waals surface area contributed by atoms with E-state index < -0.39 is 0 Å². The standard InChI is InChI=1S/C38H46N4O3/c1-2-33(42-32-20-12-11-19-31(32)40-38(42)44)41-23-21-30(35(39-25-43)37-29-18-10-9-13-26(29)22-24-45-37)34(27-14-5-3-6-15-27)36(41)28-16-7-4-8-17-28/h9-13,18-20,22,24-25,30,33,35,37H,2-8,14-17,21,23H2,1H3,(H,39,43)(H,40,44). The summed E-state index contributed by atoms with van der Waals surface area (Å²) >= 11 is 0. The maximum absolute atomic E-state index is 13.6. The first-order valence-corrected chi connectivity index (χ1v) is 17.2. The van der Waals surface area contributed by atoms with Gasteiger partial charge >= 0.3 is 5.69 Å². The van der Waals surface area contributed by atoms with Crippen LogP contribution in [0.2, 0.25) is 0 Å². The molecule has 3 fully saturated rings. The molecule has 2 aromatic carbocycles. The van der Waals surface area contributed by atoms with E-state index in [2.05, 4.69) is 52.5 Å². The zero-order valence-electron chi connectivity index (χ0n) is 26.5. The molecule has 236 valence electrons. The van der Waals surface area contributed by atoms with E-state index in [4.69, 9.17) is 4.74 Å². The Bertz CT molecular complexity index is 1680. The number of allylic oxidation sites excluding steroid dienone is 3. The molecule has 2 N–H and O–H groups in total. The second kappa shape index (κ2) is 13.2. The van der Waals surface area contributed by atoms with Crippen molar-refractivity contribution in [1.29, 1.82) is 0 Å². The molecule has 1 amide bonds. The number of piperidine rings is 1. The number of benzene rings is 2. The normalized spacial score (nSPS) is 23.4. The lowest BCUT2D eigenvalue weighted by atomic mass is 9.72. The molecule has 7 rings (SSSR count). The second-order valence-corrected chi connectivity index (χ2v) is 13.2. The van der Waals surface area contributed by atoms with Gasteiger partial charge in [0.05, 0.1) is 23.3 Å². The van der Waals surface area contributed by atoms with E-state index in [-0.39, 0.29) is 29.9 Å².